The molecule has 0 radical (unpaired) electrons. The molecule has 6 nitrogen and oxygen atoms in total. The van der Waals surface area contributed by atoms with E-state index in [2.05, 4.69) is 4.98 Å². The number of nitrogens with zero attached hydrogens (tertiary/aromatic N) is 2. The highest BCUT2D eigenvalue weighted by Crippen LogP contribution is 2.48. The Morgan fingerprint density at radius 2 is 2.16 bits per heavy atom. The summed E-state index contributed by atoms with van der Waals surface area (Å²) in [6.45, 7) is 0.611. The summed E-state index contributed by atoms with van der Waals surface area (Å²) in [5.41, 5.74) is 1.43. The molecule has 2 aliphatic rings. The maximum atomic E-state index is 13.5. The smallest absolute Gasteiger partial charge is 0.304 e. The molecule has 0 amide bonds. The standard InChI is InChI=1S/C21H20ClFN2O4S2/c1-31(28,29)18-6-7-24-21-14(18)11-17(30-16-5-4-13(23)10-15(16)22)20-12(9-19(26)27)3-2-8-25(20)21/h4-7,10,12H,2-3,8-9,11H2,1H3,(H,26,27). The quantitative estimate of drug-likeness (QED) is 0.669. The molecule has 1 unspecified atom stereocenters. The number of thioether (sulfide) groups is 1. The second-order valence-corrected chi connectivity index (χ2v) is 11.2. The van der Waals surface area contributed by atoms with E-state index in [-0.39, 0.29) is 28.7 Å². The number of carbonyl (C=O) groups is 1. The number of anilines is 1. The molecule has 10 heteroatoms. The number of fused-ring (bicyclic) bond motifs is 3. The van der Waals surface area contributed by atoms with Gasteiger partial charge in [-0.3, -0.25) is 4.79 Å². The van der Waals surface area contributed by atoms with Crippen molar-refractivity contribution in [3.05, 3.63) is 57.5 Å². The summed E-state index contributed by atoms with van der Waals surface area (Å²) in [6.07, 6.45) is 4.36. The van der Waals surface area contributed by atoms with Gasteiger partial charge in [-0.1, -0.05) is 23.4 Å². The largest absolute Gasteiger partial charge is 0.481 e. The topological polar surface area (TPSA) is 87.6 Å². The zero-order valence-electron chi connectivity index (χ0n) is 16.6. The predicted octanol–water partition coefficient (Wildman–Crippen LogP) is 4.53. The van der Waals surface area contributed by atoms with Crippen LogP contribution < -0.4 is 4.90 Å². The van der Waals surface area contributed by atoms with Gasteiger partial charge in [0.1, 0.15) is 11.6 Å². The van der Waals surface area contributed by atoms with Crippen LogP contribution in [0.5, 0.6) is 0 Å². The zero-order chi connectivity index (χ0) is 22.3. The molecule has 1 aromatic carbocycles. The minimum absolute atomic E-state index is 0.0336. The van der Waals surface area contributed by atoms with E-state index in [1.165, 1.54) is 36.2 Å². The van der Waals surface area contributed by atoms with E-state index in [9.17, 15) is 22.7 Å². The summed E-state index contributed by atoms with van der Waals surface area (Å²) in [6, 6.07) is 5.60. The molecule has 1 saturated heterocycles. The van der Waals surface area contributed by atoms with Gasteiger partial charge >= 0.3 is 5.97 Å². The SMILES string of the molecule is CS(=O)(=O)c1ccnc2c1CC(Sc1ccc(F)cc1Cl)=C1C(CC(=O)O)CCCN12. The van der Waals surface area contributed by atoms with Crippen LogP contribution in [-0.4, -0.2) is 37.3 Å². The number of allylic oxidation sites excluding steroid dienone is 2. The fraction of sp³-hybridized carbons (Fsp3) is 0.333. The number of aromatic nitrogens is 1. The van der Waals surface area contributed by atoms with E-state index >= 15 is 0 Å². The molecule has 4 rings (SSSR count). The van der Waals surface area contributed by atoms with Crippen molar-refractivity contribution < 1.29 is 22.7 Å². The van der Waals surface area contributed by atoms with Gasteiger partial charge in [-0.2, -0.15) is 0 Å². The zero-order valence-corrected chi connectivity index (χ0v) is 19.0. The lowest BCUT2D eigenvalue weighted by atomic mass is 9.87. The number of hydrogen-bond acceptors (Lipinski definition) is 6. The highest BCUT2D eigenvalue weighted by molar-refractivity contribution is 8.03. The lowest BCUT2D eigenvalue weighted by molar-refractivity contribution is -0.137. The van der Waals surface area contributed by atoms with Crippen LogP contribution in [0.15, 0.2) is 50.9 Å². The van der Waals surface area contributed by atoms with Gasteiger partial charge in [0.2, 0.25) is 0 Å². The molecule has 3 heterocycles. The van der Waals surface area contributed by atoms with Crippen molar-refractivity contribution in [3.63, 3.8) is 0 Å². The summed E-state index contributed by atoms with van der Waals surface area (Å²) in [4.78, 5) is 19.6. The van der Waals surface area contributed by atoms with Crippen LogP contribution >= 0.6 is 23.4 Å². The molecule has 1 N–H and O–H groups in total. The first-order chi connectivity index (χ1) is 14.6. The molecule has 1 fully saturated rings. The lowest BCUT2D eigenvalue weighted by Crippen LogP contribution is -2.39. The van der Waals surface area contributed by atoms with Gasteiger partial charge in [-0.15, -0.1) is 0 Å². The Hall–Kier alpha value is -2.10. The van der Waals surface area contributed by atoms with Gasteiger partial charge in [-0.05, 0) is 37.1 Å². The third-order valence-electron chi connectivity index (χ3n) is 5.43. The van der Waals surface area contributed by atoms with Crippen LogP contribution in [-0.2, 0) is 21.1 Å². The molecule has 1 aromatic heterocycles. The summed E-state index contributed by atoms with van der Waals surface area (Å²) < 4.78 is 38.4. The number of piperidine rings is 1. The predicted molar refractivity (Wildman–Crippen MR) is 118 cm³/mol. The average Bonchev–Trinajstić information content (AvgIpc) is 2.68. The van der Waals surface area contributed by atoms with Gasteiger partial charge < -0.3 is 10.0 Å². The number of rotatable bonds is 5. The van der Waals surface area contributed by atoms with Crippen LogP contribution in [0.3, 0.4) is 0 Å². The normalized spacial score (nSPS) is 18.5. The number of halogens is 2. The molecule has 2 aliphatic heterocycles. The second kappa shape index (κ2) is 8.44. The first-order valence-corrected chi connectivity index (χ1v) is 12.8. The molecule has 0 aliphatic carbocycles. The molecule has 31 heavy (non-hydrogen) atoms. The monoisotopic (exact) mass is 482 g/mol. The Labute approximate surface area is 189 Å². The molecular formula is C21H20ClFN2O4S2. The Kier molecular flexibility index (Phi) is 6.02. The number of carboxylic acid groups (broad SMARTS) is 1. The van der Waals surface area contributed by atoms with Crippen molar-refractivity contribution in [2.45, 2.75) is 35.5 Å². The summed E-state index contributed by atoms with van der Waals surface area (Å²) >= 11 is 7.57. The number of aliphatic carboxylic acids is 1. The van der Waals surface area contributed by atoms with E-state index in [1.54, 1.807) is 6.07 Å². The van der Waals surface area contributed by atoms with Crippen molar-refractivity contribution in [3.8, 4) is 0 Å². The van der Waals surface area contributed by atoms with E-state index in [4.69, 9.17) is 11.6 Å². The molecule has 0 spiro atoms. The van der Waals surface area contributed by atoms with Gasteiger partial charge in [0.05, 0.1) is 16.3 Å². The third-order valence-corrected chi connectivity index (χ3v) is 8.21. The summed E-state index contributed by atoms with van der Waals surface area (Å²) in [7, 11) is -3.49. The molecule has 164 valence electrons. The number of benzene rings is 1. The molecular weight excluding hydrogens is 463 g/mol. The van der Waals surface area contributed by atoms with Gasteiger partial charge in [0.15, 0.2) is 9.84 Å². The molecule has 0 saturated carbocycles. The van der Waals surface area contributed by atoms with Gasteiger partial charge in [-0.25, -0.2) is 17.8 Å². The van der Waals surface area contributed by atoms with Gasteiger partial charge in [0, 0.05) is 52.4 Å². The lowest BCUT2D eigenvalue weighted by Gasteiger charge is -2.41. The van der Waals surface area contributed by atoms with Gasteiger partial charge in [0.25, 0.3) is 0 Å². The van der Waals surface area contributed by atoms with Crippen molar-refractivity contribution >= 4 is 45.0 Å². The summed E-state index contributed by atoms with van der Waals surface area (Å²) in [5, 5.41) is 9.69. The number of carboxylic acids is 1. The third kappa shape index (κ3) is 4.44. The van der Waals surface area contributed by atoms with Crippen LogP contribution in [0.4, 0.5) is 10.2 Å². The van der Waals surface area contributed by atoms with Crippen molar-refractivity contribution in [2.24, 2.45) is 5.92 Å². The second-order valence-electron chi connectivity index (χ2n) is 7.63. The minimum Gasteiger partial charge on any atom is -0.481 e. The Morgan fingerprint density at radius 3 is 2.84 bits per heavy atom. The highest BCUT2D eigenvalue weighted by Gasteiger charge is 2.37. The van der Waals surface area contributed by atoms with Crippen LogP contribution in [0.1, 0.15) is 24.8 Å². The Balaban J connectivity index is 1.87. The van der Waals surface area contributed by atoms with E-state index in [0.29, 0.717) is 29.2 Å². The van der Waals surface area contributed by atoms with Crippen molar-refractivity contribution in [2.75, 3.05) is 17.7 Å². The Bertz CT molecular complexity index is 1200. The van der Waals surface area contributed by atoms with Crippen LogP contribution in [0.2, 0.25) is 5.02 Å². The molecule has 0 bridgehead atoms. The maximum Gasteiger partial charge on any atom is 0.304 e. The van der Waals surface area contributed by atoms with Crippen molar-refractivity contribution in [1.82, 2.24) is 4.98 Å². The van der Waals surface area contributed by atoms with Crippen LogP contribution in [0, 0.1) is 11.7 Å². The fourth-order valence-corrected chi connectivity index (χ4v) is 6.58. The number of sulfone groups is 1. The molecule has 1 atom stereocenters. The van der Waals surface area contributed by atoms with E-state index in [1.807, 2.05) is 4.90 Å². The summed E-state index contributed by atoms with van der Waals surface area (Å²) in [5.74, 6) is -1.02. The van der Waals surface area contributed by atoms with E-state index in [0.717, 1.165) is 23.3 Å². The number of hydrogen-bond donors (Lipinski definition) is 1. The molecule has 2 aromatic rings. The first-order valence-electron chi connectivity index (χ1n) is 9.68. The number of pyridine rings is 1. The fourth-order valence-electron chi connectivity index (χ4n) is 4.22. The van der Waals surface area contributed by atoms with E-state index < -0.39 is 21.6 Å². The van der Waals surface area contributed by atoms with Crippen molar-refractivity contribution in [1.29, 1.82) is 0 Å². The first kappa shape index (κ1) is 22.1. The highest BCUT2D eigenvalue weighted by atomic mass is 35.5. The maximum absolute atomic E-state index is 13.5. The van der Waals surface area contributed by atoms with Crippen LogP contribution in [0.25, 0.3) is 0 Å². The average molecular weight is 483 g/mol. The minimum atomic E-state index is -3.49. The Morgan fingerprint density at radius 1 is 1.39 bits per heavy atom.